The fourth-order valence-electron chi connectivity index (χ4n) is 0.645. The first-order chi connectivity index (χ1) is 5.17. The van der Waals surface area contributed by atoms with Crippen LogP contribution in [-0.2, 0) is 9.53 Å². The minimum Gasteiger partial charge on any atom is -0.487 e. The maximum atomic E-state index is 10.4. The third-order valence-corrected chi connectivity index (χ3v) is 1.19. The first kappa shape index (κ1) is 9.50. The molecular weight excluding hydrogens is 146 g/mol. The second kappa shape index (κ2) is 4.34. The molecule has 0 rings (SSSR count). The molecule has 0 aliphatic rings. The van der Waals surface area contributed by atoms with Crippen LogP contribution in [0.15, 0.2) is 11.3 Å². The lowest BCUT2D eigenvalue weighted by atomic mass is 10.2. The van der Waals surface area contributed by atoms with Crippen molar-refractivity contribution in [3.63, 3.8) is 0 Å². The lowest BCUT2D eigenvalue weighted by Gasteiger charge is -2.00. The highest BCUT2D eigenvalue weighted by atomic mass is 16.5. The topological polar surface area (TPSA) is 70.3 Å². The molecule has 11 heavy (non-hydrogen) atoms. The van der Waals surface area contributed by atoms with E-state index in [0.717, 1.165) is 0 Å². The molecule has 0 unspecified atom stereocenters. The summed E-state index contributed by atoms with van der Waals surface area (Å²) in [6, 6.07) is 1.66. The Hall–Kier alpha value is -1.50. The van der Waals surface area contributed by atoms with Crippen molar-refractivity contribution >= 4 is 5.97 Å². The van der Waals surface area contributed by atoms with Gasteiger partial charge in [0.25, 0.3) is 0 Å². The fraction of sp³-hybridized carbons (Fsp3) is 0.429. The van der Waals surface area contributed by atoms with E-state index in [-0.39, 0.29) is 17.8 Å². The number of allylic oxidation sites excluding steroid dienone is 1. The summed E-state index contributed by atoms with van der Waals surface area (Å²) in [7, 11) is 1.27. The molecule has 0 aromatic carbocycles. The van der Waals surface area contributed by atoms with Gasteiger partial charge in [0.15, 0.2) is 0 Å². The molecule has 0 fully saturated rings. The van der Waals surface area contributed by atoms with Crippen molar-refractivity contribution in [3.05, 3.63) is 11.3 Å². The minimum atomic E-state index is -1.11. The van der Waals surface area contributed by atoms with Crippen molar-refractivity contribution in [2.75, 3.05) is 7.11 Å². The van der Waals surface area contributed by atoms with E-state index in [1.165, 1.54) is 7.11 Å². The molecule has 0 aliphatic carbocycles. The Kier molecular flexibility index (Phi) is 3.75. The van der Waals surface area contributed by atoms with Crippen LogP contribution in [0.3, 0.4) is 0 Å². The second-order valence-corrected chi connectivity index (χ2v) is 1.78. The third-order valence-electron chi connectivity index (χ3n) is 1.19. The molecule has 4 nitrogen and oxygen atoms in total. The quantitative estimate of drug-likeness (QED) is 0.373. The summed E-state index contributed by atoms with van der Waals surface area (Å²) < 4.78 is 4.55. The zero-order valence-corrected chi connectivity index (χ0v) is 6.42. The van der Waals surface area contributed by atoms with Crippen LogP contribution in [0.2, 0.25) is 0 Å². The first-order valence-electron chi connectivity index (χ1n) is 3.07. The van der Waals surface area contributed by atoms with Gasteiger partial charge in [-0.15, -0.1) is 0 Å². The molecule has 0 aromatic rings. The Balaban J connectivity index is 4.82. The molecule has 0 aromatic heterocycles. The van der Waals surface area contributed by atoms with Gasteiger partial charge in [0, 0.05) is 0 Å². The Bertz CT molecular complexity index is 224. The highest BCUT2D eigenvalue weighted by Gasteiger charge is 2.11. The van der Waals surface area contributed by atoms with Crippen LogP contribution in [0.4, 0.5) is 0 Å². The van der Waals surface area contributed by atoms with Gasteiger partial charge >= 0.3 is 5.97 Å². The van der Waals surface area contributed by atoms with Crippen LogP contribution < -0.4 is 0 Å². The van der Waals surface area contributed by atoms with Gasteiger partial charge in [-0.2, -0.15) is 5.26 Å². The number of rotatable bonds is 3. The standard InChI is InChI=1S/C7H9NO3/c1-3-5(7(9)10)6(4-8)11-2/h3H2,1-2H3,(H,9,10). The van der Waals surface area contributed by atoms with Crippen LogP contribution in [0.1, 0.15) is 13.3 Å². The third kappa shape index (κ3) is 2.30. The molecule has 0 saturated carbocycles. The summed E-state index contributed by atoms with van der Waals surface area (Å²) in [6.45, 7) is 1.65. The lowest BCUT2D eigenvalue weighted by Crippen LogP contribution is -2.04. The maximum Gasteiger partial charge on any atom is 0.336 e. The van der Waals surface area contributed by atoms with Crippen LogP contribution >= 0.6 is 0 Å². The number of aliphatic carboxylic acids is 1. The SMILES string of the molecule is CCC(C(=O)O)=C(C#N)OC. The van der Waals surface area contributed by atoms with Crippen molar-refractivity contribution in [3.8, 4) is 6.07 Å². The van der Waals surface area contributed by atoms with Crippen LogP contribution in [0.5, 0.6) is 0 Å². The number of carbonyl (C=O) groups is 1. The Morgan fingerprint density at radius 2 is 2.27 bits per heavy atom. The second-order valence-electron chi connectivity index (χ2n) is 1.78. The molecule has 1 N–H and O–H groups in total. The molecule has 0 aliphatic heterocycles. The highest BCUT2D eigenvalue weighted by Crippen LogP contribution is 2.08. The zero-order chi connectivity index (χ0) is 8.85. The normalized spacial score (nSPS) is 11.4. The fourth-order valence-corrected chi connectivity index (χ4v) is 0.645. The first-order valence-corrected chi connectivity index (χ1v) is 3.07. The van der Waals surface area contributed by atoms with E-state index in [1.54, 1.807) is 13.0 Å². The molecule has 0 atom stereocenters. The van der Waals surface area contributed by atoms with Gasteiger partial charge in [-0.3, -0.25) is 0 Å². The van der Waals surface area contributed by atoms with Crippen molar-refractivity contribution in [2.45, 2.75) is 13.3 Å². The molecule has 4 heteroatoms. The highest BCUT2D eigenvalue weighted by molar-refractivity contribution is 5.87. The van der Waals surface area contributed by atoms with E-state index in [9.17, 15) is 4.79 Å². The Morgan fingerprint density at radius 3 is 2.36 bits per heavy atom. The average Bonchev–Trinajstić information content (AvgIpc) is 1.99. The van der Waals surface area contributed by atoms with Crippen LogP contribution in [0.25, 0.3) is 0 Å². The number of methoxy groups -OCH3 is 1. The van der Waals surface area contributed by atoms with Gasteiger partial charge in [-0.1, -0.05) is 6.92 Å². The van der Waals surface area contributed by atoms with E-state index in [2.05, 4.69) is 4.74 Å². The summed E-state index contributed by atoms with van der Waals surface area (Å²) >= 11 is 0. The van der Waals surface area contributed by atoms with Gasteiger partial charge < -0.3 is 9.84 Å². The smallest absolute Gasteiger partial charge is 0.336 e. The van der Waals surface area contributed by atoms with Gasteiger partial charge in [-0.05, 0) is 6.42 Å². The number of nitriles is 1. The molecule has 60 valence electrons. The van der Waals surface area contributed by atoms with Crippen molar-refractivity contribution in [1.82, 2.24) is 0 Å². The summed E-state index contributed by atoms with van der Waals surface area (Å²) in [5.41, 5.74) is 0.00926. The molecule has 0 saturated heterocycles. The number of nitrogens with zero attached hydrogens (tertiary/aromatic N) is 1. The number of hydrogen-bond acceptors (Lipinski definition) is 3. The number of carboxylic acids is 1. The Morgan fingerprint density at radius 1 is 1.73 bits per heavy atom. The number of hydrogen-bond donors (Lipinski definition) is 1. The molecule has 0 radical (unpaired) electrons. The molecule has 0 bridgehead atoms. The largest absolute Gasteiger partial charge is 0.487 e. The average molecular weight is 155 g/mol. The summed E-state index contributed by atoms with van der Waals surface area (Å²) in [5.74, 6) is -1.23. The summed E-state index contributed by atoms with van der Waals surface area (Å²) in [4.78, 5) is 10.4. The van der Waals surface area contributed by atoms with Gasteiger partial charge in [0.2, 0.25) is 5.76 Å². The van der Waals surface area contributed by atoms with E-state index in [0.29, 0.717) is 0 Å². The molecule has 0 amide bonds. The van der Waals surface area contributed by atoms with E-state index < -0.39 is 5.97 Å². The summed E-state index contributed by atoms with van der Waals surface area (Å²) in [5, 5.41) is 16.9. The van der Waals surface area contributed by atoms with Crippen LogP contribution in [-0.4, -0.2) is 18.2 Å². The Labute approximate surface area is 64.7 Å². The predicted octanol–water partition coefficient (Wildman–Crippen LogP) is 0.905. The van der Waals surface area contributed by atoms with Crippen molar-refractivity contribution in [2.24, 2.45) is 0 Å². The lowest BCUT2D eigenvalue weighted by molar-refractivity contribution is -0.133. The maximum absolute atomic E-state index is 10.4. The molecule has 0 heterocycles. The monoisotopic (exact) mass is 155 g/mol. The molecule has 0 spiro atoms. The predicted molar refractivity (Wildman–Crippen MR) is 37.6 cm³/mol. The summed E-state index contributed by atoms with van der Waals surface area (Å²) in [6.07, 6.45) is 0.284. The van der Waals surface area contributed by atoms with Crippen LogP contribution in [0, 0.1) is 11.3 Å². The van der Waals surface area contributed by atoms with Crippen molar-refractivity contribution < 1.29 is 14.6 Å². The number of ether oxygens (including phenoxy) is 1. The zero-order valence-electron chi connectivity index (χ0n) is 6.42. The van der Waals surface area contributed by atoms with E-state index in [1.807, 2.05) is 0 Å². The minimum absolute atomic E-state index is 0.00926. The number of carboxylic acid groups (broad SMARTS) is 1. The molecular formula is C7H9NO3. The van der Waals surface area contributed by atoms with Gasteiger partial charge in [-0.25, -0.2) is 4.79 Å². The van der Waals surface area contributed by atoms with Crippen molar-refractivity contribution in [1.29, 1.82) is 5.26 Å². The van der Waals surface area contributed by atoms with Gasteiger partial charge in [0.1, 0.15) is 6.07 Å². The van der Waals surface area contributed by atoms with E-state index >= 15 is 0 Å². The van der Waals surface area contributed by atoms with E-state index in [4.69, 9.17) is 10.4 Å². The van der Waals surface area contributed by atoms with Gasteiger partial charge in [0.05, 0.1) is 12.7 Å².